The van der Waals surface area contributed by atoms with E-state index in [0.717, 1.165) is 6.41 Å². The molecule has 0 fully saturated rings. The maximum Gasteiger partial charge on any atom is 0.236 e. The number of halogens is 6. The maximum absolute atomic E-state index is 9.43. The zero-order valence-corrected chi connectivity index (χ0v) is 11.2. The summed E-state index contributed by atoms with van der Waals surface area (Å²) in [6.45, 7) is 0. The normalized spacial score (nSPS) is 11.4. The van der Waals surface area contributed by atoms with Gasteiger partial charge in [-0.2, -0.15) is 0 Å². The molecular formula is C5H7Cl6NO. The minimum atomic E-state index is -1.85. The van der Waals surface area contributed by atoms with E-state index in [4.69, 9.17) is 69.6 Å². The second kappa shape index (κ2) is 6.65. The molecule has 0 aliphatic rings. The maximum atomic E-state index is 9.43. The monoisotopic (exact) mass is 307 g/mol. The standard InChI is InChI=1S/C3H7NO.C2Cl6/c1-4(2)3-5;3-1(4,5)2(6,7)8/h3H,1-2H3;. The molecule has 0 atom stereocenters. The molecule has 1 amide bonds. The van der Waals surface area contributed by atoms with Crippen LogP contribution in [-0.2, 0) is 4.79 Å². The van der Waals surface area contributed by atoms with E-state index in [-0.39, 0.29) is 0 Å². The number of amides is 1. The number of hydrogen-bond donors (Lipinski definition) is 0. The van der Waals surface area contributed by atoms with Crippen LogP contribution in [0.1, 0.15) is 0 Å². The van der Waals surface area contributed by atoms with Crippen LogP contribution in [-0.4, -0.2) is 33.0 Å². The average Bonchev–Trinajstić information content (AvgIpc) is 1.84. The van der Waals surface area contributed by atoms with E-state index >= 15 is 0 Å². The predicted molar refractivity (Wildman–Crippen MR) is 60.3 cm³/mol. The molecular weight excluding hydrogens is 303 g/mol. The van der Waals surface area contributed by atoms with Gasteiger partial charge in [0.15, 0.2) is 0 Å². The summed E-state index contributed by atoms with van der Waals surface area (Å²) in [7, 11) is 3.38. The van der Waals surface area contributed by atoms with E-state index in [1.807, 2.05) is 0 Å². The summed E-state index contributed by atoms with van der Waals surface area (Å²) in [5, 5.41) is 0. The first kappa shape index (κ1) is 16.6. The van der Waals surface area contributed by atoms with Crippen LogP contribution in [0.25, 0.3) is 0 Å². The Hall–Kier alpha value is 1.21. The lowest BCUT2D eigenvalue weighted by atomic mass is 10.9. The summed E-state index contributed by atoms with van der Waals surface area (Å²) in [4.78, 5) is 10.9. The molecule has 0 unspecified atom stereocenters. The third-order valence-corrected chi connectivity index (χ3v) is 3.10. The molecule has 0 aromatic carbocycles. The van der Waals surface area contributed by atoms with E-state index in [1.165, 1.54) is 4.90 Å². The van der Waals surface area contributed by atoms with Crippen LogP contribution in [0.3, 0.4) is 0 Å². The van der Waals surface area contributed by atoms with Crippen LogP contribution in [0.2, 0.25) is 0 Å². The van der Waals surface area contributed by atoms with Crippen molar-refractivity contribution < 1.29 is 4.79 Å². The molecule has 0 aliphatic carbocycles. The van der Waals surface area contributed by atoms with E-state index in [2.05, 4.69) is 0 Å². The van der Waals surface area contributed by atoms with Crippen LogP contribution in [0.5, 0.6) is 0 Å². The summed E-state index contributed by atoms with van der Waals surface area (Å²) >= 11 is 30.9. The summed E-state index contributed by atoms with van der Waals surface area (Å²) in [5.74, 6) is 0. The molecule has 0 bridgehead atoms. The van der Waals surface area contributed by atoms with E-state index in [9.17, 15) is 4.79 Å². The summed E-state index contributed by atoms with van der Waals surface area (Å²) in [5.41, 5.74) is 0. The van der Waals surface area contributed by atoms with E-state index < -0.39 is 7.59 Å². The Morgan fingerprint density at radius 1 is 0.923 bits per heavy atom. The van der Waals surface area contributed by atoms with Gasteiger partial charge in [0, 0.05) is 14.1 Å². The molecule has 13 heavy (non-hydrogen) atoms. The Kier molecular flexibility index (Phi) is 8.51. The molecule has 0 N–H and O–H groups in total. The Morgan fingerprint density at radius 3 is 1.08 bits per heavy atom. The van der Waals surface area contributed by atoms with Gasteiger partial charge in [-0.25, -0.2) is 0 Å². The minimum absolute atomic E-state index is 0.750. The fourth-order valence-corrected chi connectivity index (χ4v) is 0. The molecule has 80 valence electrons. The van der Waals surface area contributed by atoms with Crippen molar-refractivity contribution in [1.29, 1.82) is 0 Å². The van der Waals surface area contributed by atoms with Gasteiger partial charge in [0.2, 0.25) is 14.0 Å². The molecule has 0 spiro atoms. The second-order valence-corrected chi connectivity index (χ2v) is 6.63. The smallest absolute Gasteiger partial charge is 0.236 e. The highest BCUT2D eigenvalue weighted by molar-refractivity contribution is 6.83. The molecule has 0 radical (unpaired) electrons. The van der Waals surface area contributed by atoms with Crippen molar-refractivity contribution in [2.45, 2.75) is 7.59 Å². The number of carbonyl (C=O) groups is 1. The van der Waals surface area contributed by atoms with Crippen LogP contribution >= 0.6 is 69.6 Å². The highest BCUT2D eigenvalue weighted by atomic mass is 35.6. The van der Waals surface area contributed by atoms with Crippen LogP contribution in [0.4, 0.5) is 0 Å². The van der Waals surface area contributed by atoms with Crippen molar-refractivity contribution in [3.63, 3.8) is 0 Å². The van der Waals surface area contributed by atoms with E-state index in [0.29, 0.717) is 0 Å². The van der Waals surface area contributed by atoms with Gasteiger partial charge in [-0.3, -0.25) is 4.79 Å². The first-order valence-corrected chi connectivity index (χ1v) is 5.04. The Bertz CT molecular complexity index is 136. The van der Waals surface area contributed by atoms with E-state index in [1.54, 1.807) is 14.1 Å². The van der Waals surface area contributed by atoms with Gasteiger partial charge in [-0.05, 0) is 0 Å². The van der Waals surface area contributed by atoms with Crippen molar-refractivity contribution in [1.82, 2.24) is 4.90 Å². The zero-order valence-electron chi connectivity index (χ0n) is 6.70. The van der Waals surface area contributed by atoms with Crippen LogP contribution in [0.15, 0.2) is 0 Å². The highest BCUT2D eigenvalue weighted by Gasteiger charge is 2.43. The Balaban J connectivity index is 0. The van der Waals surface area contributed by atoms with Crippen molar-refractivity contribution in [3.8, 4) is 0 Å². The fourth-order valence-electron chi connectivity index (χ4n) is 0. The Morgan fingerprint density at radius 2 is 1.08 bits per heavy atom. The lowest BCUT2D eigenvalue weighted by Crippen LogP contribution is -2.23. The molecule has 0 aromatic heterocycles. The van der Waals surface area contributed by atoms with Gasteiger partial charge in [0.25, 0.3) is 0 Å². The largest absolute Gasteiger partial charge is 0.351 e. The van der Waals surface area contributed by atoms with Gasteiger partial charge in [0.05, 0.1) is 0 Å². The summed E-state index contributed by atoms with van der Waals surface area (Å²) in [6.07, 6.45) is 0.750. The number of hydrogen-bond acceptors (Lipinski definition) is 1. The molecule has 0 heterocycles. The molecule has 2 nitrogen and oxygen atoms in total. The van der Waals surface area contributed by atoms with Crippen LogP contribution < -0.4 is 0 Å². The Labute approximate surface area is 107 Å². The summed E-state index contributed by atoms with van der Waals surface area (Å²) < 4.78 is -3.70. The van der Waals surface area contributed by atoms with Crippen LogP contribution in [0, 0.1) is 0 Å². The molecule has 0 saturated heterocycles. The highest BCUT2D eigenvalue weighted by Crippen LogP contribution is 2.48. The minimum Gasteiger partial charge on any atom is -0.351 e. The lowest BCUT2D eigenvalue weighted by molar-refractivity contribution is -0.115. The molecule has 0 aromatic rings. The van der Waals surface area contributed by atoms with Gasteiger partial charge >= 0.3 is 0 Å². The second-order valence-electron chi connectivity index (χ2n) is 2.06. The van der Waals surface area contributed by atoms with Crippen molar-refractivity contribution in [2.24, 2.45) is 0 Å². The predicted octanol–water partition coefficient (Wildman–Crippen LogP) is 3.43. The lowest BCUT2D eigenvalue weighted by Gasteiger charge is -2.19. The number of carbonyl (C=O) groups excluding carboxylic acids is 1. The zero-order chi connectivity index (χ0) is 11.3. The van der Waals surface area contributed by atoms with Gasteiger partial charge in [0.1, 0.15) is 0 Å². The molecule has 8 heteroatoms. The third-order valence-electron chi connectivity index (χ3n) is 0.532. The number of alkyl halides is 6. The first-order valence-electron chi connectivity index (χ1n) is 2.77. The van der Waals surface area contributed by atoms with Crippen molar-refractivity contribution >= 4 is 76.0 Å². The first-order chi connectivity index (χ1) is 5.52. The summed E-state index contributed by atoms with van der Waals surface area (Å²) in [6, 6.07) is 0. The number of nitrogens with zero attached hydrogens (tertiary/aromatic N) is 1. The fraction of sp³-hybridized carbons (Fsp3) is 0.800. The SMILES string of the molecule is CN(C)C=O.ClC(Cl)(Cl)C(Cl)(Cl)Cl. The van der Waals surface area contributed by atoms with Gasteiger partial charge in [-0.1, -0.05) is 69.6 Å². The molecule has 0 aliphatic heterocycles. The van der Waals surface area contributed by atoms with Gasteiger partial charge in [-0.15, -0.1) is 0 Å². The molecule has 0 rings (SSSR count). The van der Waals surface area contributed by atoms with Crippen molar-refractivity contribution in [3.05, 3.63) is 0 Å². The quantitative estimate of drug-likeness (QED) is 0.537. The number of rotatable bonds is 1. The third kappa shape index (κ3) is 11.1. The average molecular weight is 310 g/mol. The van der Waals surface area contributed by atoms with Gasteiger partial charge < -0.3 is 4.90 Å². The topological polar surface area (TPSA) is 20.3 Å². The molecule has 0 saturated carbocycles. The van der Waals surface area contributed by atoms with Crippen molar-refractivity contribution in [2.75, 3.05) is 14.1 Å².